The summed E-state index contributed by atoms with van der Waals surface area (Å²) in [4.78, 5) is 13.1. The molecule has 0 radical (unpaired) electrons. The highest BCUT2D eigenvalue weighted by molar-refractivity contribution is 5.87. The van der Waals surface area contributed by atoms with E-state index in [-0.39, 0.29) is 0 Å². The molecule has 2 heteroatoms. The molecule has 90 valence electrons. The molecular weight excluding hydrogens is 222 g/mol. The van der Waals surface area contributed by atoms with E-state index in [1.54, 1.807) is 0 Å². The minimum Gasteiger partial charge on any atom is -0.342 e. The number of aldehydes is 1. The van der Waals surface area contributed by atoms with Crippen molar-refractivity contribution in [2.24, 2.45) is 0 Å². The molecule has 0 aliphatic carbocycles. The minimum absolute atomic E-state index is 0.632. The number of nitrogens with zero attached hydrogens (tertiary/aromatic N) is 1. The summed E-state index contributed by atoms with van der Waals surface area (Å²) in [5.41, 5.74) is 2.64. The van der Waals surface area contributed by atoms with Crippen molar-refractivity contribution in [3.05, 3.63) is 71.9 Å². The number of likely N-dealkylation sites (N-methyl/N-ethyl adjacent to an activating group) is 1. The largest absolute Gasteiger partial charge is 0.342 e. The highest BCUT2D eigenvalue weighted by Crippen LogP contribution is 2.17. The molecule has 0 bridgehead atoms. The molecule has 0 saturated heterocycles. The van der Waals surface area contributed by atoms with Gasteiger partial charge in [0.05, 0.1) is 5.70 Å². The van der Waals surface area contributed by atoms with Crippen molar-refractivity contribution in [3.63, 3.8) is 0 Å². The van der Waals surface area contributed by atoms with Crippen molar-refractivity contribution in [1.82, 2.24) is 0 Å². The van der Waals surface area contributed by atoms with Gasteiger partial charge in [-0.15, -0.1) is 0 Å². The second-order valence-electron chi connectivity index (χ2n) is 3.99. The molecule has 0 aliphatic heterocycles. The lowest BCUT2D eigenvalue weighted by molar-refractivity contribution is -0.104. The highest BCUT2D eigenvalue weighted by atomic mass is 16.1. The summed E-state index contributed by atoms with van der Waals surface area (Å²) < 4.78 is 0. The summed E-state index contributed by atoms with van der Waals surface area (Å²) in [5.74, 6) is 0. The fourth-order valence-electron chi connectivity index (χ4n) is 1.73. The summed E-state index contributed by atoms with van der Waals surface area (Å²) in [6.07, 6.45) is 2.75. The number of rotatable bonds is 4. The van der Waals surface area contributed by atoms with Crippen LogP contribution in [0, 0.1) is 0 Å². The molecular formula is C16H15NO. The maximum atomic E-state index is 11.2. The third-order valence-electron chi connectivity index (χ3n) is 2.77. The summed E-state index contributed by atoms with van der Waals surface area (Å²) in [7, 11) is 1.89. The number of carbonyl (C=O) groups excluding carboxylic acids is 1. The normalized spacial score (nSPS) is 11.1. The number of carbonyl (C=O) groups is 1. The van der Waals surface area contributed by atoms with Crippen LogP contribution in [-0.2, 0) is 4.79 Å². The molecule has 0 spiro atoms. The van der Waals surface area contributed by atoms with Gasteiger partial charge >= 0.3 is 0 Å². The molecule has 18 heavy (non-hydrogen) atoms. The molecule has 0 amide bonds. The number of anilines is 1. The van der Waals surface area contributed by atoms with Crippen LogP contribution in [0.3, 0.4) is 0 Å². The average molecular weight is 237 g/mol. The van der Waals surface area contributed by atoms with Gasteiger partial charge in [0.2, 0.25) is 0 Å². The van der Waals surface area contributed by atoms with E-state index in [4.69, 9.17) is 0 Å². The lowest BCUT2D eigenvalue weighted by Crippen LogP contribution is -2.17. The molecule has 0 aliphatic rings. The smallest absolute Gasteiger partial charge is 0.166 e. The van der Waals surface area contributed by atoms with Crippen molar-refractivity contribution in [3.8, 4) is 0 Å². The van der Waals surface area contributed by atoms with Crippen LogP contribution < -0.4 is 4.90 Å². The standard InChI is InChI=1S/C16H15NO/c1-17(15-10-6-3-7-11-15)16(13-18)12-14-8-4-2-5-9-14/h2-13H,1H3. The highest BCUT2D eigenvalue weighted by Gasteiger charge is 2.05. The lowest BCUT2D eigenvalue weighted by atomic mass is 10.2. The molecule has 0 saturated carbocycles. The maximum Gasteiger partial charge on any atom is 0.166 e. The van der Waals surface area contributed by atoms with Gasteiger partial charge in [-0.05, 0) is 23.8 Å². The van der Waals surface area contributed by atoms with E-state index >= 15 is 0 Å². The van der Waals surface area contributed by atoms with E-state index in [1.165, 1.54) is 0 Å². The zero-order valence-electron chi connectivity index (χ0n) is 10.3. The topological polar surface area (TPSA) is 20.3 Å². The summed E-state index contributed by atoms with van der Waals surface area (Å²) >= 11 is 0. The summed E-state index contributed by atoms with van der Waals surface area (Å²) in [5, 5.41) is 0. The molecule has 2 rings (SSSR count). The monoisotopic (exact) mass is 237 g/mol. The molecule has 0 aromatic heterocycles. The number of benzene rings is 2. The Bertz CT molecular complexity index is 532. The SMILES string of the molecule is CN(C(C=O)=Cc1ccccc1)c1ccccc1. The Morgan fingerprint density at radius 2 is 1.50 bits per heavy atom. The van der Waals surface area contributed by atoms with Gasteiger partial charge in [-0.2, -0.15) is 0 Å². The Hall–Kier alpha value is -2.35. The van der Waals surface area contributed by atoms with Gasteiger partial charge in [-0.25, -0.2) is 0 Å². The van der Waals surface area contributed by atoms with E-state index in [2.05, 4.69) is 0 Å². The van der Waals surface area contributed by atoms with Crippen molar-refractivity contribution in [2.75, 3.05) is 11.9 Å². The molecule has 0 unspecified atom stereocenters. The fourth-order valence-corrected chi connectivity index (χ4v) is 1.73. The number of allylic oxidation sites excluding steroid dienone is 1. The first-order valence-electron chi connectivity index (χ1n) is 5.82. The number of para-hydroxylation sites is 1. The summed E-state index contributed by atoms with van der Waals surface area (Å²) in [6.45, 7) is 0. The average Bonchev–Trinajstić information content (AvgIpc) is 2.46. The lowest BCUT2D eigenvalue weighted by Gasteiger charge is -2.18. The van der Waals surface area contributed by atoms with Crippen molar-refractivity contribution < 1.29 is 4.79 Å². The molecule has 2 aromatic rings. The predicted molar refractivity (Wildman–Crippen MR) is 75.3 cm³/mol. The molecule has 0 N–H and O–H groups in total. The fraction of sp³-hybridized carbons (Fsp3) is 0.0625. The number of hydrogen-bond acceptors (Lipinski definition) is 2. The Balaban J connectivity index is 2.29. The minimum atomic E-state index is 0.632. The second-order valence-corrected chi connectivity index (χ2v) is 3.99. The number of hydrogen-bond donors (Lipinski definition) is 0. The zero-order chi connectivity index (χ0) is 12.8. The van der Waals surface area contributed by atoms with E-state index in [0.29, 0.717) is 5.70 Å². The van der Waals surface area contributed by atoms with Crippen LogP contribution >= 0.6 is 0 Å². The van der Waals surface area contributed by atoms with Crippen LogP contribution in [0.2, 0.25) is 0 Å². The Morgan fingerprint density at radius 1 is 0.944 bits per heavy atom. The van der Waals surface area contributed by atoms with Crippen LogP contribution in [-0.4, -0.2) is 13.3 Å². The van der Waals surface area contributed by atoms with Crippen LogP contribution in [0.1, 0.15) is 5.56 Å². The molecule has 0 atom stereocenters. The predicted octanol–water partition coefficient (Wildman–Crippen LogP) is 3.36. The first-order chi connectivity index (χ1) is 8.81. The van der Waals surface area contributed by atoms with Gasteiger partial charge in [0.1, 0.15) is 0 Å². The Morgan fingerprint density at radius 3 is 2.06 bits per heavy atom. The van der Waals surface area contributed by atoms with Crippen LogP contribution in [0.5, 0.6) is 0 Å². The molecule has 0 heterocycles. The van der Waals surface area contributed by atoms with Gasteiger partial charge in [-0.1, -0.05) is 48.5 Å². The van der Waals surface area contributed by atoms with Gasteiger partial charge in [-0.3, -0.25) is 4.79 Å². The third kappa shape index (κ3) is 2.86. The first kappa shape index (κ1) is 12.1. The third-order valence-corrected chi connectivity index (χ3v) is 2.77. The van der Waals surface area contributed by atoms with Gasteiger partial charge in [0.15, 0.2) is 6.29 Å². The second kappa shape index (κ2) is 5.82. The zero-order valence-corrected chi connectivity index (χ0v) is 10.3. The Labute approximate surface area is 107 Å². The maximum absolute atomic E-state index is 11.2. The van der Waals surface area contributed by atoms with E-state index in [1.807, 2.05) is 78.7 Å². The van der Waals surface area contributed by atoms with Crippen LogP contribution in [0.4, 0.5) is 5.69 Å². The van der Waals surface area contributed by atoms with Crippen molar-refractivity contribution in [2.45, 2.75) is 0 Å². The van der Waals surface area contributed by atoms with Crippen LogP contribution in [0.25, 0.3) is 6.08 Å². The molecule has 0 fully saturated rings. The Kier molecular flexibility index (Phi) is 3.92. The van der Waals surface area contributed by atoms with Gasteiger partial charge < -0.3 is 4.90 Å². The van der Waals surface area contributed by atoms with Gasteiger partial charge in [0, 0.05) is 12.7 Å². The van der Waals surface area contributed by atoms with Crippen molar-refractivity contribution >= 4 is 18.0 Å². The summed E-state index contributed by atoms with van der Waals surface area (Å²) in [6, 6.07) is 19.6. The first-order valence-corrected chi connectivity index (χ1v) is 5.82. The van der Waals surface area contributed by atoms with Crippen molar-refractivity contribution in [1.29, 1.82) is 0 Å². The van der Waals surface area contributed by atoms with Crippen LogP contribution in [0.15, 0.2) is 66.4 Å². The molecule has 2 aromatic carbocycles. The quantitative estimate of drug-likeness (QED) is 0.600. The molecule has 2 nitrogen and oxygen atoms in total. The van der Waals surface area contributed by atoms with E-state index in [9.17, 15) is 4.79 Å². The van der Waals surface area contributed by atoms with E-state index in [0.717, 1.165) is 17.5 Å². The van der Waals surface area contributed by atoms with Gasteiger partial charge in [0.25, 0.3) is 0 Å². The van der Waals surface area contributed by atoms with E-state index < -0.39 is 0 Å².